The van der Waals surface area contributed by atoms with Crippen LogP contribution in [0.1, 0.15) is 25.5 Å². The Bertz CT molecular complexity index is 238. The molecule has 0 bridgehead atoms. The molecule has 0 unspecified atom stereocenters. The number of nitrogens with one attached hydrogen (secondary N) is 1. The van der Waals surface area contributed by atoms with Gasteiger partial charge in [-0.3, -0.25) is 0 Å². The number of nitrogens with zero attached hydrogens (tertiary/aromatic N) is 1. The summed E-state index contributed by atoms with van der Waals surface area (Å²) in [4.78, 5) is 10.5. The minimum Gasteiger partial charge on any atom is -0.563 e. The van der Waals surface area contributed by atoms with Gasteiger partial charge in [-0.2, -0.15) is 0 Å². The van der Waals surface area contributed by atoms with Gasteiger partial charge in [-0.15, -0.1) is 0 Å². The maximum Gasteiger partial charge on any atom is 0.0914 e. The number of aromatic amines is 1. The van der Waals surface area contributed by atoms with Gasteiger partial charge in [-0.25, -0.2) is 0 Å². The molecule has 0 saturated heterocycles. The first kappa shape index (κ1) is 10.1. The standard InChI is InChI=1S/C6H10N2O.Y/c1-4(2)5-3-6(9)8-7-5;/h3-4H,1-2H3,(H2,7,8,9);/p-1. The van der Waals surface area contributed by atoms with Gasteiger partial charge in [-0.1, -0.05) is 13.8 Å². The monoisotopic (exact) mass is 214 g/mol. The molecule has 0 aliphatic heterocycles. The van der Waals surface area contributed by atoms with E-state index in [1.54, 1.807) is 0 Å². The van der Waals surface area contributed by atoms with Gasteiger partial charge in [0.2, 0.25) is 0 Å². The van der Waals surface area contributed by atoms with Crippen molar-refractivity contribution in [3.8, 4) is 0 Å². The Morgan fingerprint density at radius 3 is 2.40 bits per heavy atom. The zero-order valence-electron chi connectivity index (χ0n) is 6.09. The van der Waals surface area contributed by atoms with Gasteiger partial charge in [0.05, 0.1) is 5.56 Å². The van der Waals surface area contributed by atoms with Crippen molar-refractivity contribution in [1.29, 1.82) is 0 Å². The van der Waals surface area contributed by atoms with Crippen LogP contribution >= 0.6 is 0 Å². The predicted molar refractivity (Wildman–Crippen MR) is 34.5 cm³/mol. The van der Waals surface area contributed by atoms with Gasteiger partial charge >= 0.3 is 0 Å². The molecular weight excluding hydrogens is 205 g/mol. The average molecular weight is 214 g/mol. The van der Waals surface area contributed by atoms with Crippen LogP contribution in [0.2, 0.25) is 0 Å². The zero-order chi connectivity index (χ0) is 6.85. The third-order valence-corrected chi connectivity index (χ3v) is 1.20. The molecule has 0 aliphatic rings. The third kappa shape index (κ3) is 2.39. The van der Waals surface area contributed by atoms with Gasteiger partial charge in [0.1, 0.15) is 0 Å². The van der Waals surface area contributed by atoms with E-state index in [1.807, 2.05) is 13.8 Å². The molecule has 3 nitrogen and oxygen atoms in total. The first-order valence-corrected chi connectivity index (χ1v) is 2.92. The van der Waals surface area contributed by atoms with Crippen LogP contribution < -0.4 is 10.7 Å². The van der Waals surface area contributed by atoms with E-state index in [4.69, 9.17) is 0 Å². The number of rotatable bonds is 1. The summed E-state index contributed by atoms with van der Waals surface area (Å²) in [5.74, 6) is 0.361. The first-order chi connectivity index (χ1) is 4.20. The minimum atomic E-state index is -0.182. The summed E-state index contributed by atoms with van der Waals surface area (Å²) in [7, 11) is 0. The fourth-order valence-electron chi connectivity index (χ4n) is 0.613. The summed E-state index contributed by atoms with van der Waals surface area (Å²) in [6, 6.07) is 1.52. The molecule has 1 heterocycles. The predicted octanol–water partition coefficient (Wildman–Crippen LogP) is 0.453. The Morgan fingerprint density at radius 1 is 1.60 bits per heavy atom. The van der Waals surface area contributed by atoms with Gasteiger partial charge < -0.3 is 15.0 Å². The molecule has 0 atom stereocenters. The van der Waals surface area contributed by atoms with Crippen LogP contribution in [0.4, 0.5) is 0 Å². The molecule has 1 aromatic rings. The second kappa shape index (κ2) is 4.09. The Kier molecular flexibility index (Phi) is 4.14. The molecule has 1 aromatic heterocycles. The van der Waals surface area contributed by atoms with Crippen molar-refractivity contribution in [2.24, 2.45) is 0 Å². The fourth-order valence-corrected chi connectivity index (χ4v) is 0.613. The van der Waals surface area contributed by atoms with E-state index in [1.165, 1.54) is 6.07 Å². The molecule has 1 N–H and O–H groups in total. The SMILES string of the molecule is CC(C)c1cc(=O)[n-][nH]1.[Y]. The van der Waals surface area contributed by atoms with Crippen LogP contribution in [-0.4, -0.2) is 5.10 Å². The topological polar surface area (TPSA) is 47.0 Å². The first-order valence-electron chi connectivity index (χ1n) is 2.92. The number of hydrogen-bond donors (Lipinski definition) is 1. The van der Waals surface area contributed by atoms with Gasteiger partial charge in [0.25, 0.3) is 0 Å². The van der Waals surface area contributed by atoms with Gasteiger partial charge in [-0.05, 0) is 12.0 Å². The van der Waals surface area contributed by atoms with Crippen LogP contribution in [0.25, 0.3) is 0 Å². The third-order valence-electron chi connectivity index (χ3n) is 1.20. The van der Waals surface area contributed by atoms with Crippen molar-refractivity contribution >= 4 is 0 Å². The summed E-state index contributed by atoms with van der Waals surface area (Å²) in [5.41, 5.74) is 0.721. The molecule has 0 saturated carbocycles. The molecule has 1 radical (unpaired) electrons. The van der Waals surface area contributed by atoms with E-state index < -0.39 is 0 Å². The normalized spacial score (nSPS) is 9.50. The average Bonchev–Trinajstić information content (AvgIpc) is 2.14. The molecule has 4 heteroatoms. The minimum absolute atomic E-state index is 0. The van der Waals surface area contributed by atoms with Crippen LogP contribution in [0.5, 0.6) is 0 Å². The molecule has 0 aromatic carbocycles. The van der Waals surface area contributed by atoms with E-state index in [9.17, 15) is 4.79 Å². The Balaban J connectivity index is 0.000000810. The Morgan fingerprint density at radius 2 is 2.20 bits per heavy atom. The van der Waals surface area contributed by atoms with Crippen molar-refractivity contribution < 1.29 is 32.7 Å². The molecule has 0 fully saturated rings. The quantitative estimate of drug-likeness (QED) is 0.737. The van der Waals surface area contributed by atoms with E-state index in [2.05, 4.69) is 10.2 Å². The second-order valence-corrected chi connectivity index (χ2v) is 2.32. The summed E-state index contributed by atoms with van der Waals surface area (Å²) < 4.78 is 0. The second-order valence-electron chi connectivity index (χ2n) is 2.32. The smallest absolute Gasteiger partial charge is 0.0914 e. The number of H-pyrrole nitrogens is 1. The number of aromatic nitrogens is 2. The van der Waals surface area contributed by atoms with E-state index >= 15 is 0 Å². The summed E-state index contributed by atoms with van der Waals surface area (Å²) >= 11 is 0. The summed E-state index contributed by atoms with van der Waals surface area (Å²) in [6.07, 6.45) is 0. The molecule has 0 aliphatic carbocycles. The molecule has 0 amide bonds. The Hall–Kier alpha value is 0.114. The van der Waals surface area contributed by atoms with Crippen LogP contribution in [0.15, 0.2) is 10.9 Å². The maximum atomic E-state index is 10.5. The van der Waals surface area contributed by atoms with Crippen molar-refractivity contribution in [1.82, 2.24) is 10.2 Å². The maximum absolute atomic E-state index is 10.5. The van der Waals surface area contributed by atoms with Crippen molar-refractivity contribution in [2.45, 2.75) is 19.8 Å². The molecule has 53 valence electrons. The van der Waals surface area contributed by atoms with Crippen molar-refractivity contribution in [3.05, 3.63) is 22.1 Å². The molecule has 10 heavy (non-hydrogen) atoms. The van der Waals surface area contributed by atoms with E-state index in [0.29, 0.717) is 5.92 Å². The summed E-state index contributed by atoms with van der Waals surface area (Å²) in [5, 5.41) is 6.10. The molecule has 0 spiro atoms. The number of hydrogen-bond acceptors (Lipinski definition) is 1. The fraction of sp³-hybridized carbons (Fsp3) is 0.500. The zero-order valence-corrected chi connectivity index (χ0v) is 8.93. The van der Waals surface area contributed by atoms with Gasteiger partial charge in [0.15, 0.2) is 0 Å². The van der Waals surface area contributed by atoms with Crippen LogP contribution in [0.3, 0.4) is 0 Å². The molecular formula is C6H9N2OY-. The molecule has 1 rings (SSSR count). The van der Waals surface area contributed by atoms with Crippen LogP contribution in [-0.2, 0) is 32.7 Å². The Labute approximate surface area is 84.5 Å². The largest absolute Gasteiger partial charge is 0.563 e. The van der Waals surface area contributed by atoms with E-state index in [0.717, 1.165) is 5.69 Å². The van der Waals surface area contributed by atoms with E-state index in [-0.39, 0.29) is 38.3 Å². The van der Waals surface area contributed by atoms with Crippen LogP contribution in [0, 0.1) is 0 Å². The summed E-state index contributed by atoms with van der Waals surface area (Å²) in [6.45, 7) is 4.01. The van der Waals surface area contributed by atoms with Crippen molar-refractivity contribution in [3.63, 3.8) is 0 Å². The van der Waals surface area contributed by atoms with Gasteiger partial charge in [0, 0.05) is 38.4 Å². The van der Waals surface area contributed by atoms with Crippen molar-refractivity contribution in [2.75, 3.05) is 0 Å².